The maximum absolute atomic E-state index is 13.1. The van der Waals surface area contributed by atoms with E-state index in [9.17, 15) is 8.78 Å². The third kappa shape index (κ3) is 3.19. The van der Waals surface area contributed by atoms with E-state index in [2.05, 4.69) is 5.32 Å². The van der Waals surface area contributed by atoms with Crippen molar-refractivity contribution in [2.24, 2.45) is 0 Å². The van der Waals surface area contributed by atoms with E-state index in [-0.39, 0.29) is 5.54 Å². The van der Waals surface area contributed by atoms with Gasteiger partial charge in [0, 0.05) is 31.2 Å². The van der Waals surface area contributed by atoms with E-state index in [1.54, 1.807) is 6.07 Å². The van der Waals surface area contributed by atoms with E-state index in [4.69, 9.17) is 16.3 Å². The second kappa shape index (κ2) is 5.95. The number of hydrogen-bond donors (Lipinski definition) is 1. The fourth-order valence-electron chi connectivity index (χ4n) is 2.06. The molecule has 0 aromatic heterocycles. The van der Waals surface area contributed by atoms with Gasteiger partial charge in [-0.3, -0.25) is 0 Å². The van der Waals surface area contributed by atoms with Gasteiger partial charge in [-0.05, 0) is 30.5 Å². The van der Waals surface area contributed by atoms with Crippen LogP contribution < -0.4 is 5.32 Å². The molecular formula is C13H16ClF2NO. The summed E-state index contributed by atoms with van der Waals surface area (Å²) < 4.78 is 31.2. The smallest absolute Gasteiger partial charge is 0.159 e. The van der Waals surface area contributed by atoms with Crippen molar-refractivity contribution in [3.05, 3.63) is 35.4 Å². The lowest BCUT2D eigenvalue weighted by molar-refractivity contribution is 0.0459. The van der Waals surface area contributed by atoms with Crippen LogP contribution in [0.2, 0.25) is 0 Å². The SMILES string of the molecule is Fc1ccc(CNC2(CCl)CCOCC2)cc1F. The molecule has 18 heavy (non-hydrogen) atoms. The molecule has 2 nitrogen and oxygen atoms in total. The lowest BCUT2D eigenvalue weighted by Crippen LogP contribution is -2.50. The minimum Gasteiger partial charge on any atom is -0.381 e. The zero-order valence-electron chi connectivity index (χ0n) is 10.0. The van der Waals surface area contributed by atoms with Gasteiger partial charge in [-0.1, -0.05) is 6.07 Å². The molecule has 100 valence electrons. The quantitative estimate of drug-likeness (QED) is 0.853. The Hall–Kier alpha value is -0.710. The minimum absolute atomic E-state index is 0.162. The Morgan fingerprint density at radius 3 is 2.56 bits per heavy atom. The summed E-state index contributed by atoms with van der Waals surface area (Å²) in [5.41, 5.74) is 0.551. The van der Waals surface area contributed by atoms with Gasteiger partial charge in [-0.25, -0.2) is 8.78 Å². The zero-order valence-corrected chi connectivity index (χ0v) is 10.8. The van der Waals surface area contributed by atoms with Gasteiger partial charge >= 0.3 is 0 Å². The summed E-state index contributed by atoms with van der Waals surface area (Å²) in [6.07, 6.45) is 1.67. The average molecular weight is 276 g/mol. The molecule has 0 aliphatic carbocycles. The van der Waals surface area contributed by atoms with Crippen molar-refractivity contribution in [3.63, 3.8) is 0 Å². The Kier molecular flexibility index (Phi) is 4.54. The van der Waals surface area contributed by atoms with Crippen LogP contribution in [0.25, 0.3) is 0 Å². The molecule has 1 aliphatic heterocycles. The van der Waals surface area contributed by atoms with E-state index >= 15 is 0 Å². The molecule has 1 saturated heterocycles. The standard InChI is InChI=1S/C13H16ClF2NO/c14-9-13(3-5-18-6-4-13)17-8-10-1-2-11(15)12(16)7-10/h1-2,7,17H,3-6,8-9H2. The maximum atomic E-state index is 13.1. The Morgan fingerprint density at radius 2 is 1.94 bits per heavy atom. The number of rotatable bonds is 4. The van der Waals surface area contributed by atoms with Gasteiger partial charge in [0.25, 0.3) is 0 Å². The van der Waals surface area contributed by atoms with Gasteiger partial charge in [0.05, 0.1) is 0 Å². The zero-order chi connectivity index (χ0) is 13.0. The van der Waals surface area contributed by atoms with Crippen LogP contribution in [0.4, 0.5) is 8.78 Å². The molecule has 1 N–H and O–H groups in total. The summed E-state index contributed by atoms with van der Waals surface area (Å²) in [6.45, 7) is 1.83. The van der Waals surface area contributed by atoms with Crippen molar-refractivity contribution < 1.29 is 13.5 Å². The van der Waals surface area contributed by atoms with Crippen LogP contribution in [0.15, 0.2) is 18.2 Å². The van der Waals surface area contributed by atoms with Crippen LogP contribution in [0.5, 0.6) is 0 Å². The van der Waals surface area contributed by atoms with Crippen LogP contribution >= 0.6 is 11.6 Å². The van der Waals surface area contributed by atoms with Gasteiger partial charge in [0.2, 0.25) is 0 Å². The molecule has 1 fully saturated rings. The Bertz CT molecular complexity index is 408. The highest BCUT2D eigenvalue weighted by Gasteiger charge is 2.30. The molecule has 0 radical (unpaired) electrons. The van der Waals surface area contributed by atoms with Gasteiger partial charge < -0.3 is 10.1 Å². The summed E-state index contributed by atoms with van der Waals surface area (Å²) in [4.78, 5) is 0. The lowest BCUT2D eigenvalue weighted by atomic mass is 9.92. The Labute approximate surface area is 110 Å². The van der Waals surface area contributed by atoms with Crippen molar-refractivity contribution in [2.45, 2.75) is 24.9 Å². The van der Waals surface area contributed by atoms with Gasteiger partial charge in [-0.15, -0.1) is 11.6 Å². The monoisotopic (exact) mass is 275 g/mol. The summed E-state index contributed by atoms with van der Waals surface area (Å²) >= 11 is 6.01. The normalized spacial score (nSPS) is 18.8. The summed E-state index contributed by atoms with van der Waals surface area (Å²) in [7, 11) is 0. The van der Waals surface area contributed by atoms with Gasteiger partial charge in [0.15, 0.2) is 11.6 Å². The third-order valence-corrected chi connectivity index (χ3v) is 3.87. The van der Waals surface area contributed by atoms with Crippen molar-refractivity contribution in [1.82, 2.24) is 5.32 Å². The Balaban J connectivity index is 1.98. The van der Waals surface area contributed by atoms with E-state index < -0.39 is 11.6 Å². The molecule has 2 rings (SSSR count). The summed E-state index contributed by atoms with van der Waals surface area (Å²) in [5, 5.41) is 3.35. The first-order valence-electron chi connectivity index (χ1n) is 5.98. The first kappa shape index (κ1) is 13.7. The van der Waals surface area contributed by atoms with E-state index in [1.807, 2.05) is 0 Å². The van der Waals surface area contributed by atoms with Crippen LogP contribution in [-0.4, -0.2) is 24.6 Å². The predicted molar refractivity (Wildman–Crippen MR) is 66.7 cm³/mol. The molecule has 5 heteroatoms. The largest absolute Gasteiger partial charge is 0.381 e. The molecule has 0 atom stereocenters. The van der Waals surface area contributed by atoms with Crippen molar-refractivity contribution >= 4 is 11.6 Å². The van der Waals surface area contributed by atoms with Gasteiger partial charge in [0.1, 0.15) is 0 Å². The van der Waals surface area contributed by atoms with Crippen LogP contribution in [0.1, 0.15) is 18.4 Å². The summed E-state index contributed by atoms with van der Waals surface area (Å²) in [5.74, 6) is -1.15. The number of hydrogen-bond acceptors (Lipinski definition) is 2. The molecule has 0 unspecified atom stereocenters. The first-order chi connectivity index (χ1) is 8.65. The number of nitrogens with one attached hydrogen (secondary N) is 1. The molecule has 0 amide bonds. The van der Waals surface area contributed by atoms with Crippen molar-refractivity contribution in [1.29, 1.82) is 0 Å². The van der Waals surface area contributed by atoms with Crippen molar-refractivity contribution in [2.75, 3.05) is 19.1 Å². The van der Waals surface area contributed by atoms with Crippen LogP contribution in [-0.2, 0) is 11.3 Å². The van der Waals surface area contributed by atoms with E-state index in [0.717, 1.165) is 18.9 Å². The molecule has 0 spiro atoms. The molecule has 1 aliphatic rings. The van der Waals surface area contributed by atoms with Crippen molar-refractivity contribution in [3.8, 4) is 0 Å². The highest BCUT2D eigenvalue weighted by molar-refractivity contribution is 6.18. The fraction of sp³-hybridized carbons (Fsp3) is 0.538. The average Bonchev–Trinajstić information content (AvgIpc) is 2.41. The second-order valence-electron chi connectivity index (χ2n) is 4.63. The van der Waals surface area contributed by atoms with Crippen LogP contribution in [0.3, 0.4) is 0 Å². The highest BCUT2D eigenvalue weighted by Crippen LogP contribution is 2.23. The summed E-state index contributed by atoms with van der Waals surface area (Å²) in [6, 6.07) is 3.93. The molecule has 0 saturated carbocycles. The first-order valence-corrected chi connectivity index (χ1v) is 6.51. The molecule has 1 aromatic carbocycles. The topological polar surface area (TPSA) is 21.3 Å². The lowest BCUT2D eigenvalue weighted by Gasteiger charge is -2.36. The minimum atomic E-state index is -0.822. The molecule has 1 aromatic rings. The van der Waals surface area contributed by atoms with E-state index in [1.165, 1.54) is 6.07 Å². The Morgan fingerprint density at radius 1 is 1.22 bits per heavy atom. The van der Waals surface area contributed by atoms with Gasteiger partial charge in [-0.2, -0.15) is 0 Å². The second-order valence-corrected chi connectivity index (χ2v) is 4.90. The van der Waals surface area contributed by atoms with E-state index in [0.29, 0.717) is 31.2 Å². The third-order valence-electron chi connectivity index (χ3n) is 3.36. The fourth-order valence-corrected chi connectivity index (χ4v) is 2.42. The number of benzene rings is 1. The molecular weight excluding hydrogens is 260 g/mol. The highest BCUT2D eigenvalue weighted by atomic mass is 35.5. The van der Waals surface area contributed by atoms with Crippen LogP contribution in [0, 0.1) is 11.6 Å². The predicted octanol–water partition coefficient (Wildman–Crippen LogP) is 2.84. The number of ether oxygens (including phenoxy) is 1. The number of halogens is 3. The maximum Gasteiger partial charge on any atom is 0.159 e. The molecule has 1 heterocycles. The molecule has 0 bridgehead atoms. The number of alkyl halides is 1.